The summed E-state index contributed by atoms with van der Waals surface area (Å²) in [6.07, 6.45) is 3.66. The van der Waals surface area contributed by atoms with Crippen LogP contribution >= 0.6 is 0 Å². The highest BCUT2D eigenvalue weighted by Crippen LogP contribution is 2.20. The first kappa shape index (κ1) is 16.6. The molecule has 0 radical (unpaired) electrons. The van der Waals surface area contributed by atoms with Gasteiger partial charge >= 0.3 is 12.0 Å². The Kier molecular flexibility index (Phi) is 5.63. The summed E-state index contributed by atoms with van der Waals surface area (Å²) in [7, 11) is 0. The first-order chi connectivity index (χ1) is 10.5. The Balaban J connectivity index is 1.83. The number of urea groups is 1. The van der Waals surface area contributed by atoms with E-state index in [2.05, 4.69) is 5.32 Å². The van der Waals surface area contributed by atoms with Gasteiger partial charge in [-0.3, -0.25) is 9.59 Å². The van der Waals surface area contributed by atoms with Crippen LogP contribution in [0.15, 0.2) is 0 Å². The molecule has 0 bridgehead atoms. The molecule has 0 aromatic carbocycles. The molecule has 2 aliphatic heterocycles. The van der Waals surface area contributed by atoms with Gasteiger partial charge in [0.25, 0.3) is 0 Å². The first-order valence-electron chi connectivity index (χ1n) is 8.03. The molecule has 2 unspecified atom stereocenters. The summed E-state index contributed by atoms with van der Waals surface area (Å²) in [5.74, 6) is -1.90. The molecule has 124 valence electrons. The summed E-state index contributed by atoms with van der Waals surface area (Å²) in [5.41, 5.74) is 0. The molecule has 22 heavy (non-hydrogen) atoms. The van der Waals surface area contributed by atoms with E-state index in [-0.39, 0.29) is 24.4 Å². The van der Waals surface area contributed by atoms with Gasteiger partial charge in [0.05, 0.1) is 11.8 Å². The minimum atomic E-state index is -0.921. The van der Waals surface area contributed by atoms with Gasteiger partial charge in [0.2, 0.25) is 5.91 Å². The van der Waals surface area contributed by atoms with Crippen molar-refractivity contribution in [1.82, 2.24) is 15.1 Å². The number of carbonyl (C=O) groups excluding carboxylic acids is 2. The molecule has 2 atom stereocenters. The van der Waals surface area contributed by atoms with Crippen LogP contribution in [0.3, 0.4) is 0 Å². The summed E-state index contributed by atoms with van der Waals surface area (Å²) >= 11 is 0. The summed E-state index contributed by atoms with van der Waals surface area (Å²) in [5, 5.41) is 11.5. The fraction of sp³-hybridized carbons (Fsp3) is 0.800. The third-order valence-corrected chi connectivity index (χ3v) is 4.44. The lowest BCUT2D eigenvalue weighted by Gasteiger charge is -2.34. The van der Waals surface area contributed by atoms with E-state index in [1.807, 2.05) is 4.90 Å². The fourth-order valence-electron chi connectivity index (χ4n) is 2.96. The van der Waals surface area contributed by atoms with Crippen LogP contribution in [0.2, 0.25) is 0 Å². The zero-order valence-corrected chi connectivity index (χ0v) is 13.1. The Morgan fingerprint density at radius 1 is 1.14 bits per heavy atom. The predicted molar refractivity (Wildman–Crippen MR) is 80.3 cm³/mol. The molecule has 2 N–H and O–H groups in total. The number of carboxylic acid groups (broad SMARTS) is 1. The van der Waals surface area contributed by atoms with E-state index in [9.17, 15) is 14.4 Å². The van der Waals surface area contributed by atoms with E-state index in [4.69, 9.17) is 5.11 Å². The van der Waals surface area contributed by atoms with Gasteiger partial charge in [-0.15, -0.1) is 0 Å². The second-order valence-electron chi connectivity index (χ2n) is 6.25. The van der Waals surface area contributed by atoms with Crippen LogP contribution in [0, 0.1) is 11.8 Å². The van der Waals surface area contributed by atoms with Gasteiger partial charge in [-0.05, 0) is 25.7 Å². The predicted octanol–water partition coefficient (Wildman–Crippen LogP) is 0.751. The minimum Gasteiger partial charge on any atom is -0.481 e. The van der Waals surface area contributed by atoms with Crippen LogP contribution in [0.4, 0.5) is 4.79 Å². The molecule has 2 heterocycles. The number of nitrogens with one attached hydrogen (secondary N) is 1. The second kappa shape index (κ2) is 7.47. The Bertz CT molecular complexity index is 435. The van der Waals surface area contributed by atoms with E-state index >= 15 is 0 Å². The van der Waals surface area contributed by atoms with Gasteiger partial charge in [0.1, 0.15) is 0 Å². The molecular weight excluding hydrogens is 286 g/mol. The SMILES string of the molecule is CC(CNC(=O)C1CCCN(C(=O)N2CCCC2)C1)C(=O)O. The fourth-order valence-corrected chi connectivity index (χ4v) is 2.96. The minimum absolute atomic E-state index is 0.0360. The average Bonchev–Trinajstić information content (AvgIpc) is 3.05. The van der Waals surface area contributed by atoms with Crippen molar-refractivity contribution in [3.05, 3.63) is 0 Å². The van der Waals surface area contributed by atoms with Crippen LogP contribution in [0.5, 0.6) is 0 Å². The van der Waals surface area contributed by atoms with Gasteiger partial charge in [0, 0.05) is 32.7 Å². The monoisotopic (exact) mass is 311 g/mol. The molecule has 7 nitrogen and oxygen atoms in total. The van der Waals surface area contributed by atoms with Gasteiger partial charge in [-0.25, -0.2) is 4.79 Å². The van der Waals surface area contributed by atoms with Crippen molar-refractivity contribution in [1.29, 1.82) is 0 Å². The number of likely N-dealkylation sites (tertiary alicyclic amines) is 2. The Morgan fingerprint density at radius 2 is 1.77 bits per heavy atom. The molecule has 0 spiro atoms. The summed E-state index contributed by atoms with van der Waals surface area (Å²) in [4.78, 5) is 38.9. The Hall–Kier alpha value is -1.79. The molecule has 2 fully saturated rings. The number of nitrogens with zero attached hydrogens (tertiary/aromatic N) is 2. The van der Waals surface area contributed by atoms with E-state index < -0.39 is 11.9 Å². The topological polar surface area (TPSA) is 90.0 Å². The first-order valence-corrected chi connectivity index (χ1v) is 8.03. The van der Waals surface area contributed by atoms with Gasteiger partial charge in [0.15, 0.2) is 0 Å². The number of aliphatic carboxylic acids is 1. The quantitative estimate of drug-likeness (QED) is 0.802. The number of hydrogen-bond acceptors (Lipinski definition) is 3. The lowest BCUT2D eigenvalue weighted by molar-refractivity contribution is -0.141. The van der Waals surface area contributed by atoms with E-state index in [0.29, 0.717) is 13.1 Å². The summed E-state index contributed by atoms with van der Waals surface area (Å²) in [6, 6.07) is 0.0360. The molecule has 0 aromatic rings. The smallest absolute Gasteiger partial charge is 0.320 e. The van der Waals surface area contributed by atoms with Crippen LogP contribution < -0.4 is 5.32 Å². The molecule has 0 aliphatic carbocycles. The molecular formula is C15H25N3O4. The highest BCUT2D eigenvalue weighted by atomic mass is 16.4. The van der Waals surface area contributed by atoms with Crippen molar-refractivity contribution in [2.75, 3.05) is 32.7 Å². The Morgan fingerprint density at radius 3 is 2.41 bits per heavy atom. The maximum absolute atomic E-state index is 12.4. The highest BCUT2D eigenvalue weighted by molar-refractivity contribution is 5.81. The number of carboxylic acids is 1. The van der Waals surface area contributed by atoms with Crippen molar-refractivity contribution in [2.24, 2.45) is 11.8 Å². The lowest BCUT2D eigenvalue weighted by Crippen LogP contribution is -2.50. The lowest BCUT2D eigenvalue weighted by atomic mass is 9.97. The molecule has 3 amide bonds. The number of hydrogen-bond donors (Lipinski definition) is 2. The molecule has 7 heteroatoms. The van der Waals surface area contributed by atoms with Gasteiger partial charge in [-0.2, -0.15) is 0 Å². The van der Waals surface area contributed by atoms with E-state index in [1.54, 1.807) is 11.8 Å². The standard InChI is InChI=1S/C15H25N3O4/c1-11(14(20)21)9-16-13(19)12-5-4-8-18(10-12)15(22)17-6-2-3-7-17/h11-12H,2-10H2,1H3,(H,16,19)(H,20,21). The largest absolute Gasteiger partial charge is 0.481 e. The molecule has 2 rings (SSSR count). The van der Waals surface area contributed by atoms with Crippen LogP contribution in [0.1, 0.15) is 32.6 Å². The Labute approximate surface area is 130 Å². The van der Waals surface area contributed by atoms with Crippen molar-refractivity contribution in [2.45, 2.75) is 32.6 Å². The van der Waals surface area contributed by atoms with Crippen LogP contribution in [0.25, 0.3) is 0 Å². The molecule has 0 saturated carbocycles. The highest BCUT2D eigenvalue weighted by Gasteiger charge is 2.31. The van der Waals surface area contributed by atoms with Gasteiger partial charge < -0.3 is 20.2 Å². The zero-order valence-electron chi connectivity index (χ0n) is 13.1. The zero-order chi connectivity index (χ0) is 16.1. The van der Waals surface area contributed by atoms with Crippen molar-refractivity contribution < 1.29 is 19.5 Å². The maximum Gasteiger partial charge on any atom is 0.320 e. The number of carbonyl (C=O) groups is 3. The number of amides is 3. The summed E-state index contributed by atoms with van der Waals surface area (Å²) in [6.45, 7) is 4.44. The maximum atomic E-state index is 12.4. The van der Waals surface area contributed by atoms with E-state index in [1.165, 1.54) is 0 Å². The third-order valence-electron chi connectivity index (χ3n) is 4.44. The average molecular weight is 311 g/mol. The van der Waals surface area contributed by atoms with Crippen molar-refractivity contribution in [3.63, 3.8) is 0 Å². The van der Waals surface area contributed by atoms with Crippen molar-refractivity contribution >= 4 is 17.9 Å². The van der Waals surface area contributed by atoms with Crippen LogP contribution in [-0.2, 0) is 9.59 Å². The van der Waals surface area contributed by atoms with Crippen molar-refractivity contribution in [3.8, 4) is 0 Å². The molecule has 2 saturated heterocycles. The third kappa shape index (κ3) is 4.11. The van der Waals surface area contributed by atoms with Gasteiger partial charge in [-0.1, -0.05) is 6.92 Å². The number of rotatable bonds is 4. The van der Waals surface area contributed by atoms with Crippen LogP contribution in [-0.4, -0.2) is 65.5 Å². The molecule has 0 aromatic heterocycles. The number of piperidine rings is 1. The molecule has 2 aliphatic rings. The second-order valence-corrected chi connectivity index (χ2v) is 6.25. The normalized spacial score (nSPS) is 23.2. The summed E-state index contributed by atoms with van der Waals surface area (Å²) < 4.78 is 0. The van der Waals surface area contributed by atoms with E-state index in [0.717, 1.165) is 38.8 Å².